The van der Waals surface area contributed by atoms with E-state index in [2.05, 4.69) is 9.47 Å². The summed E-state index contributed by atoms with van der Waals surface area (Å²) in [6.07, 6.45) is -9.48. The molecular formula is C5H5F5O3. The highest BCUT2D eigenvalue weighted by atomic mass is 19.4. The topological polar surface area (TPSA) is 35.5 Å². The molecule has 13 heavy (non-hydrogen) atoms. The van der Waals surface area contributed by atoms with Gasteiger partial charge >= 0.3 is 18.3 Å². The Kier molecular flexibility index (Phi) is 3.59. The molecule has 0 saturated carbocycles. The van der Waals surface area contributed by atoms with Crippen molar-refractivity contribution in [2.24, 2.45) is 0 Å². The summed E-state index contributed by atoms with van der Waals surface area (Å²) in [6, 6.07) is 0. The smallest absolute Gasteiger partial charge is 0.456 e. The number of esters is 1. The van der Waals surface area contributed by atoms with Crippen molar-refractivity contribution in [3.8, 4) is 0 Å². The zero-order valence-corrected chi connectivity index (χ0v) is 6.32. The lowest BCUT2D eigenvalue weighted by atomic mass is 10.6. The Morgan fingerprint density at radius 3 is 2.00 bits per heavy atom. The second-order valence-corrected chi connectivity index (χ2v) is 1.91. The van der Waals surface area contributed by atoms with Gasteiger partial charge in [0.05, 0.1) is 7.11 Å². The first-order valence-corrected chi connectivity index (χ1v) is 2.86. The predicted octanol–water partition coefficient (Wildman–Crippen LogP) is 1.33. The van der Waals surface area contributed by atoms with Gasteiger partial charge in [0, 0.05) is 0 Å². The molecule has 0 amide bonds. The minimum absolute atomic E-state index is 0.604. The van der Waals surface area contributed by atoms with E-state index in [0.29, 0.717) is 7.11 Å². The molecule has 0 aromatic heterocycles. The molecule has 0 N–H and O–H groups in total. The quantitative estimate of drug-likeness (QED) is 0.518. The van der Waals surface area contributed by atoms with Gasteiger partial charge in [-0.15, -0.1) is 0 Å². The molecule has 3 nitrogen and oxygen atoms in total. The van der Waals surface area contributed by atoms with E-state index in [-0.39, 0.29) is 0 Å². The van der Waals surface area contributed by atoms with Crippen LogP contribution in [-0.2, 0) is 14.3 Å². The number of ether oxygens (including phenoxy) is 2. The number of rotatable bonds is 3. The molecule has 0 aliphatic carbocycles. The molecule has 0 aliphatic rings. The predicted molar refractivity (Wildman–Crippen MR) is 29.0 cm³/mol. The summed E-state index contributed by atoms with van der Waals surface area (Å²) in [5.74, 6) is -2.17. The fraction of sp³-hybridized carbons (Fsp3) is 0.800. The SMILES string of the molecule is COC(=O)C(F)(F)OCC(F)(F)F. The van der Waals surface area contributed by atoms with Gasteiger partial charge < -0.3 is 9.47 Å². The Bertz CT molecular complexity index is 187. The van der Waals surface area contributed by atoms with Crippen molar-refractivity contribution < 1.29 is 36.2 Å². The molecular weight excluding hydrogens is 203 g/mol. The first kappa shape index (κ1) is 12.1. The molecule has 0 bridgehead atoms. The highest BCUT2D eigenvalue weighted by Crippen LogP contribution is 2.22. The van der Waals surface area contributed by atoms with Gasteiger partial charge in [-0.3, -0.25) is 0 Å². The molecule has 8 heteroatoms. The fourth-order valence-electron chi connectivity index (χ4n) is 0.350. The molecule has 0 aliphatic heterocycles. The first-order chi connectivity index (χ1) is 5.69. The van der Waals surface area contributed by atoms with E-state index >= 15 is 0 Å². The maximum atomic E-state index is 12.2. The number of hydrogen-bond acceptors (Lipinski definition) is 3. The summed E-state index contributed by atoms with van der Waals surface area (Å²) in [4.78, 5) is 10.1. The third-order valence-corrected chi connectivity index (χ3v) is 0.840. The van der Waals surface area contributed by atoms with Crippen LogP contribution in [0.25, 0.3) is 0 Å². The Labute approximate surface area is 69.4 Å². The third-order valence-electron chi connectivity index (χ3n) is 0.840. The van der Waals surface area contributed by atoms with Gasteiger partial charge in [0.1, 0.15) is 6.61 Å². The van der Waals surface area contributed by atoms with Crippen LogP contribution in [-0.4, -0.2) is 32.0 Å². The van der Waals surface area contributed by atoms with Gasteiger partial charge in [-0.25, -0.2) is 4.79 Å². The van der Waals surface area contributed by atoms with E-state index in [1.807, 2.05) is 0 Å². The summed E-state index contributed by atoms with van der Waals surface area (Å²) >= 11 is 0. The molecule has 0 spiro atoms. The average Bonchev–Trinajstić information content (AvgIpc) is 1.98. The zero-order chi connectivity index (χ0) is 10.7. The van der Waals surface area contributed by atoms with Crippen LogP contribution in [0.1, 0.15) is 0 Å². The van der Waals surface area contributed by atoms with E-state index in [1.165, 1.54) is 0 Å². The molecule has 0 aromatic carbocycles. The number of carbonyl (C=O) groups excluding carboxylic acids is 1. The number of carbonyl (C=O) groups is 1. The van der Waals surface area contributed by atoms with Gasteiger partial charge in [-0.05, 0) is 0 Å². The monoisotopic (exact) mass is 208 g/mol. The van der Waals surface area contributed by atoms with Crippen molar-refractivity contribution in [3.05, 3.63) is 0 Å². The van der Waals surface area contributed by atoms with Gasteiger partial charge in [0.2, 0.25) is 0 Å². The fourth-order valence-corrected chi connectivity index (χ4v) is 0.350. The van der Waals surface area contributed by atoms with Crippen LogP contribution in [0.2, 0.25) is 0 Å². The highest BCUT2D eigenvalue weighted by Gasteiger charge is 2.45. The lowest BCUT2D eigenvalue weighted by molar-refractivity contribution is -0.284. The number of halogens is 5. The molecule has 0 atom stereocenters. The van der Waals surface area contributed by atoms with Crippen molar-refractivity contribution in [3.63, 3.8) is 0 Å². The van der Waals surface area contributed by atoms with Crippen LogP contribution in [0.15, 0.2) is 0 Å². The molecule has 0 fully saturated rings. The van der Waals surface area contributed by atoms with Crippen molar-refractivity contribution in [1.29, 1.82) is 0 Å². The van der Waals surface area contributed by atoms with Crippen LogP contribution >= 0.6 is 0 Å². The summed E-state index contributed by atoms with van der Waals surface area (Å²) in [7, 11) is 0.604. The second-order valence-electron chi connectivity index (χ2n) is 1.91. The minimum Gasteiger partial charge on any atom is -0.463 e. The van der Waals surface area contributed by atoms with Crippen LogP contribution in [0, 0.1) is 0 Å². The van der Waals surface area contributed by atoms with Crippen molar-refractivity contribution in [2.45, 2.75) is 12.3 Å². The van der Waals surface area contributed by atoms with E-state index in [0.717, 1.165) is 0 Å². The van der Waals surface area contributed by atoms with Crippen molar-refractivity contribution in [1.82, 2.24) is 0 Å². The second kappa shape index (κ2) is 3.86. The average molecular weight is 208 g/mol. The number of methoxy groups -OCH3 is 1. The van der Waals surface area contributed by atoms with Crippen LogP contribution in [0.4, 0.5) is 22.0 Å². The largest absolute Gasteiger partial charge is 0.463 e. The Hall–Kier alpha value is -0.920. The zero-order valence-electron chi connectivity index (χ0n) is 6.32. The summed E-state index contributed by atoms with van der Waals surface area (Å²) in [6.45, 7) is -2.21. The third kappa shape index (κ3) is 4.61. The number of hydrogen-bond donors (Lipinski definition) is 0. The van der Waals surface area contributed by atoms with E-state index in [1.54, 1.807) is 0 Å². The van der Waals surface area contributed by atoms with E-state index < -0.39 is 24.9 Å². The standard InChI is InChI=1S/C5H5F5O3/c1-12-3(11)5(9,10)13-2-4(6,7)8/h2H2,1H3. The van der Waals surface area contributed by atoms with Gasteiger partial charge in [0.25, 0.3) is 0 Å². The van der Waals surface area contributed by atoms with Gasteiger partial charge in [-0.2, -0.15) is 22.0 Å². The molecule has 0 radical (unpaired) electrons. The van der Waals surface area contributed by atoms with Gasteiger partial charge in [-0.1, -0.05) is 0 Å². The van der Waals surface area contributed by atoms with Crippen LogP contribution in [0.5, 0.6) is 0 Å². The molecule has 0 aromatic rings. The van der Waals surface area contributed by atoms with Crippen LogP contribution in [0.3, 0.4) is 0 Å². The van der Waals surface area contributed by atoms with E-state index in [9.17, 15) is 26.7 Å². The van der Waals surface area contributed by atoms with E-state index in [4.69, 9.17) is 0 Å². The number of alkyl halides is 5. The maximum Gasteiger partial charge on any atom is 0.456 e. The maximum absolute atomic E-state index is 12.2. The summed E-state index contributed by atoms with van der Waals surface area (Å²) in [5.41, 5.74) is 0. The molecule has 0 saturated heterocycles. The lowest BCUT2D eigenvalue weighted by Crippen LogP contribution is -2.36. The summed E-state index contributed by atoms with van der Waals surface area (Å²) < 4.78 is 64.8. The Morgan fingerprint density at radius 2 is 1.69 bits per heavy atom. The molecule has 0 unspecified atom stereocenters. The van der Waals surface area contributed by atoms with Crippen molar-refractivity contribution >= 4 is 5.97 Å². The van der Waals surface area contributed by atoms with Gasteiger partial charge in [0.15, 0.2) is 0 Å². The Balaban J connectivity index is 4.11. The normalized spacial score (nSPS) is 12.8. The highest BCUT2D eigenvalue weighted by molar-refractivity contribution is 5.75. The van der Waals surface area contributed by atoms with Crippen LogP contribution < -0.4 is 0 Å². The lowest BCUT2D eigenvalue weighted by Gasteiger charge is -2.14. The molecule has 0 heterocycles. The molecule has 78 valence electrons. The Morgan fingerprint density at radius 1 is 1.23 bits per heavy atom. The summed E-state index contributed by atoms with van der Waals surface area (Å²) in [5, 5.41) is 0. The van der Waals surface area contributed by atoms with Crippen molar-refractivity contribution in [2.75, 3.05) is 13.7 Å². The first-order valence-electron chi connectivity index (χ1n) is 2.86. The molecule has 0 rings (SSSR count). The minimum atomic E-state index is -4.92.